The van der Waals surface area contributed by atoms with Crippen molar-refractivity contribution in [3.63, 3.8) is 0 Å². The van der Waals surface area contributed by atoms with Crippen LogP contribution in [0.2, 0.25) is 0 Å². The van der Waals surface area contributed by atoms with Gasteiger partial charge in [0.15, 0.2) is 0 Å². The Balaban J connectivity index is 1.97. The Hall–Kier alpha value is -3.16. The minimum absolute atomic E-state index is 0.0398. The molecule has 0 spiro atoms. The molecule has 2 aromatic carbocycles. The molecular weight excluding hydrogens is 395 g/mol. The van der Waals surface area contributed by atoms with Gasteiger partial charge in [0.05, 0.1) is 17.7 Å². The molecule has 2 rings (SSSR count). The van der Waals surface area contributed by atoms with E-state index in [1.54, 1.807) is 12.1 Å². The van der Waals surface area contributed by atoms with Crippen molar-refractivity contribution in [2.75, 3.05) is 5.32 Å². The number of halogens is 3. The van der Waals surface area contributed by atoms with Crippen molar-refractivity contribution in [3.8, 4) is 0 Å². The van der Waals surface area contributed by atoms with E-state index in [2.05, 4.69) is 36.6 Å². The molecule has 0 fully saturated rings. The van der Waals surface area contributed by atoms with Crippen LogP contribution in [-0.4, -0.2) is 17.5 Å². The number of amides is 2. The summed E-state index contributed by atoms with van der Waals surface area (Å²) < 4.78 is 39.0. The molecule has 0 aliphatic rings. The van der Waals surface area contributed by atoms with Crippen LogP contribution in [0.25, 0.3) is 0 Å². The average Bonchev–Trinajstić information content (AvgIpc) is 2.65. The molecule has 0 heterocycles. The summed E-state index contributed by atoms with van der Waals surface area (Å²) in [5, 5.41) is 6.09. The third-order valence-electron chi connectivity index (χ3n) is 4.28. The lowest BCUT2D eigenvalue weighted by Gasteiger charge is -2.18. The normalized spacial score (nSPS) is 12.4. The number of hydrogen-bond donors (Lipinski definition) is 2. The van der Waals surface area contributed by atoms with E-state index in [-0.39, 0.29) is 23.2 Å². The number of nitrogens with zero attached hydrogens (tertiary/aromatic N) is 1. The predicted octanol–water partition coefficient (Wildman–Crippen LogP) is 5.14. The first-order valence-electron chi connectivity index (χ1n) is 9.28. The Morgan fingerprint density at radius 3 is 2.13 bits per heavy atom. The molecule has 0 unspecified atom stereocenters. The Morgan fingerprint density at radius 2 is 1.57 bits per heavy atom. The fourth-order valence-corrected chi connectivity index (χ4v) is 2.64. The molecule has 2 aromatic rings. The number of carbonyl (C=O) groups excluding carboxylic acids is 2. The van der Waals surface area contributed by atoms with Gasteiger partial charge >= 0.3 is 6.18 Å². The lowest BCUT2D eigenvalue weighted by Crippen LogP contribution is -2.22. The predicted molar refractivity (Wildman–Crippen MR) is 110 cm³/mol. The molecule has 8 heteroatoms. The molecule has 0 atom stereocenters. The number of hydrogen-bond acceptors (Lipinski definition) is 3. The second-order valence-electron chi connectivity index (χ2n) is 7.88. The van der Waals surface area contributed by atoms with Gasteiger partial charge in [-0.1, -0.05) is 45.0 Å². The standard InChI is InChI=1S/C22H24F3N3O2/c1-14(13-19(29)26-18-8-6-5-7-17(18)22(23,24)25)27-28-20(30)15-9-11-16(12-10-15)21(2,3)4/h5-12H,13H2,1-4H3,(H,26,29)(H,28,30)/b27-14-. The topological polar surface area (TPSA) is 70.6 Å². The fourth-order valence-electron chi connectivity index (χ4n) is 2.64. The van der Waals surface area contributed by atoms with E-state index < -0.39 is 23.6 Å². The van der Waals surface area contributed by atoms with Crippen LogP contribution in [-0.2, 0) is 16.4 Å². The number of carbonyl (C=O) groups is 2. The van der Waals surface area contributed by atoms with Crippen molar-refractivity contribution in [2.45, 2.75) is 45.7 Å². The summed E-state index contributed by atoms with van der Waals surface area (Å²) in [6, 6.07) is 11.8. The third-order valence-corrected chi connectivity index (χ3v) is 4.28. The number of rotatable bonds is 5. The van der Waals surface area contributed by atoms with E-state index in [0.717, 1.165) is 11.6 Å². The molecule has 0 saturated heterocycles. The second-order valence-corrected chi connectivity index (χ2v) is 7.88. The molecule has 0 saturated carbocycles. The summed E-state index contributed by atoms with van der Waals surface area (Å²) in [6.07, 6.45) is -4.85. The Labute approximate surface area is 173 Å². The maximum atomic E-state index is 13.0. The van der Waals surface area contributed by atoms with Crippen molar-refractivity contribution in [1.82, 2.24) is 5.43 Å². The molecule has 0 radical (unpaired) electrons. The van der Waals surface area contributed by atoms with Crippen molar-refractivity contribution in [2.24, 2.45) is 5.10 Å². The molecule has 0 aliphatic heterocycles. The lowest BCUT2D eigenvalue weighted by atomic mass is 9.87. The van der Waals surface area contributed by atoms with Crippen LogP contribution in [0, 0.1) is 0 Å². The SMILES string of the molecule is C/C(CC(=O)Nc1ccccc1C(F)(F)F)=N/NC(=O)c1ccc(C(C)(C)C)cc1. The van der Waals surface area contributed by atoms with Crippen LogP contribution in [0.4, 0.5) is 18.9 Å². The first-order valence-corrected chi connectivity index (χ1v) is 9.28. The number of hydrazone groups is 1. The molecule has 5 nitrogen and oxygen atoms in total. The lowest BCUT2D eigenvalue weighted by molar-refractivity contribution is -0.137. The quantitative estimate of drug-likeness (QED) is 0.521. The van der Waals surface area contributed by atoms with E-state index >= 15 is 0 Å². The highest BCUT2D eigenvalue weighted by Crippen LogP contribution is 2.34. The van der Waals surface area contributed by atoms with Crippen LogP contribution < -0.4 is 10.7 Å². The molecular formula is C22H24F3N3O2. The third kappa shape index (κ3) is 6.43. The summed E-state index contributed by atoms with van der Waals surface area (Å²) in [5.74, 6) is -1.12. The monoisotopic (exact) mass is 419 g/mol. The number of para-hydroxylation sites is 1. The van der Waals surface area contributed by atoms with Gasteiger partial charge in [-0.05, 0) is 42.2 Å². The van der Waals surface area contributed by atoms with E-state index in [1.165, 1.54) is 25.1 Å². The highest BCUT2D eigenvalue weighted by atomic mass is 19.4. The van der Waals surface area contributed by atoms with Gasteiger partial charge in [0.2, 0.25) is 5.91 Å². The van der Waals surface area contributed by atoms with Gasteiger partial charge in [-0.15, -0.1) is 0 Å². The van der Waals surface area contributed by atoms with Crippen LogP contribution in [0.3, 0.4) is 0 Å². The number of anilines is 1. The highest BCUT2D eigenvalue weighted by molar-refractivity contribution is 6.06. The maximum Gasteiger partial charge on any atom is 0.418 e. The van der Waals surface area contributed by atoms with E-state index in [9.17, 15) is 22.8 Å². The molecule has 160 valence electrons. The first kappa shape index (κ1) is 23.1. The minimum Gasteiger partial charge on any atom is -0.325 e. The Morgan fingerprint density at radius 1 is 0.967 bits per heavy atom. The van der Waals surface area contributed by atoms with Crippen LogP contribution in [0.1, 0.15) is 55.6 Å². The first-order chi connectivity index (χ1) is 13.9. The smallest absolute Gasteiger partial charge is 0.325 e. The summed E-state index contributed by atoms with van der Waals surface area (Å²) >= 11 is 0. The van der Waals surface area contributed by atoms with Crippen LogP contribution in [0.5, 0.6) is 0 Å². The van der Waals surface area contributed by atoms with Gasteiger partial charge in [-0.25, -0.2) is 5.43 Å². The number of nitrogens with one attached hydrogen (secondary N) is 2. The van der Waals surface area contributed by atoms with E-state index in [4.69, 9.17) is 0 Å². The Kier molecular flexibility index (Phi) is 7.02. The van der Waals surface area contributed by atoms with Crippen molar-refractivity contribution in [1.29, 1.82) is 0 Å². The van der Waals surface area contributed by atoms with E-state index in [1.807, 2.05) is 12.1 Å². The molecule has 0 aromatic heterocycles. The zero-order valence-corrected chi connectivity index (χ0v) is 17.2. The number of benzene rings is 2. The zero-order chi connectivity index (χ0) is 22.5. The molecule has 30 heavy (non-hydrogen) atoms. The Bertz CT molecular complexity index is 943. The van der Waals surface area contributed by atoms with Crippen molar-refractivity contribution in [3.05, 3.63) is 65.2 Å². The summed E-state index contributed by atoms with van der Waals surface area (Å²) in [4.78, 5) is 24.3. The summed E-state index contributed by atoms with van der Waals surface area (Å²) in [6.45, 7) is 7.69. The van der Waals surface area contributed by atoms with Gasteiger partial charge in [-0.3, -0.25) is 9.59 Å². The largest absolute Gasteiger partial charge is 0.418 e. The van der Waals surface area contributed by atoms with Gasteiger partial charge < -0.3 is 5.32 Å². The van der Waals surface area contributed by atoms with E-state index in [0.29, 0.717) is 5.56 Å². The van der Waals surface area contributed by atoms with Gasteiger partial charge in [0.25, 0.3) is 5.91 Å². The maximum absolute atomic E-state index is 13.0. The molecule has 2 N–H and O–H groups in total. The van der Waals surface area contributed by atoms with Gasteiger partial charge in [0.1, 0.15) is 0 Å². The van der Waals surface area contributed by atoms with Crippen LogP contribution >= 0.6 is 0 Å². The minimum atomic E-state index is -4.58. The highest BCUT2D eigenvalue weighted by Gasteiger charge is 2.33. The second kappa shape index (κ2) is 9.11. The fraction of sp³-hybridized carbons (Fsp3) is 0.318. The van der Waals surface area contributed by atoms with Crippen molar-refractivity contribution >= 4 is 23.2 Å². The van der Waals surface area contributed by atoms with Crippen LogP contribution in [0.15, 0.2) is 53.6 Å². The molecule has 0 aliphatic carbocycles. The summed E-state index contributed by atoms with van der Waals surface area (Å²) in [5.41, 5.74) is 2.78. The number of alkyl halides is 3. The molecule has 0 bridgehead atoms. The van der Waals surface area contributed by atoms with Gasteiger partial charge in [0, 0.05) is 11.3 Å². The average molecular weight is 419 g/mol. The van der Waals surface area contributed by atoms with Gasteiger partial charge in [-0.2, -0.15) is 18.3 Å². The zero-order valence-electron chi connectivity index (χ0n) is 17.2. The van der Waals surface area contributed by atoms with Crippen molar-refractivity contribution < 1.29 is 22.8 Å². The molecule has 2 amide bonds. The summed E-state index contributed by atoms with van der Waals surface area (Å²) in [7, 11) is 0.